The number of likely N-dealkylation sites (tertiary alicyclic amines) is 2. The average molecular weight is 377 g/mol. The number of halogens is 1. The minimum atomic E-state index is 0.220. The number of nitrogens with zero attached hydrogens (tertiary/aromatic N) is 4. The summed E-state index contributed by atoms with van der Waals surface area (Å²) in [7, 11) is 0. The highest BCUT2D eigenvalue weighted by Crippen LogP contribution is 2.27. The standard InChI is InChI=1S/C20H29ClN4O/c21-17-5-6-19(22-14-17)23-12-7-18(8-13-23)25-11-3-4-16(15-25)20(26)24-9-1-2-10-24/h5-6,14,16,18H,1-4,7-13,15H2/t16-/m1/s1. The van der Waals surface area contributed by atoms with Crippen molar-refractivity contribution in [1.29, 1.82) is 0 Å². The molecule has 0 aliphatic carbocycles. The molecule has 1 amide bonds. The molecule has 0 aromatic carbocycles. The van der Waals surface area contributed by atoms with Crippen LogP contribution in [0.2, 0.25) is 5.02 Å². The molecule has 0 bridgehead atoms. The van der Waals surface area contributed by atoms with Crippen LogP contribution in [-0.2, 0) is 4.79 Å². The maximum Gasteiger partial charge on any atom is 0.226 e. The first-order valence-corrected chi connectivity index (χ1v) is 10.5. The van der Waals surface area contributed by atoms with Crippen LogP contribution in [-0.4, -0.2) is 66.0 Å². The van der Waals surface area contributed by atoms with E-state index in [0.717, 1.165) is 70.8 Å². The smallest absolute Gasteiger partial charge is 0.226 e. The molecule has 3 aliphatic heterocycles. The number of piperidine rings is 2. The fourth-order valence-electron chi connectivity index (χ4n) is 4.75. The van der Waals surface area contributed by atoms with E-state index in [1.165, 1.54) is 12.8 Å². The van der Waals surface area contributed by atoms with Gasteiger partial charge in [0.25, 0.3) is 0 Å². The van der Waals surface area contributed by atoms with Gasteiger partial charge in [0.05, 0.1) is 10.9 Å². The van der Waals surface area contributed by atoms with Gasteiger partial charge in [-0.3, -0.25) is 9.69 Å². The third kappa shape index (κ3) is 3.99. The third-order valence-electron chi connectivity index (χ3n) is 6.24. The molecular formula is C20H29ClN4O. The highest BCUT2D eigenvalue weighted by atomic mass is 35.5. The summed E-state index contributed by atoms with van der Waals surface area (Å²) in [4.78, 5) is 24.3. The van der Waals surface area contributed by atoms with Gasteiger partial charge in [0.15, 0.2) is 0 Å². The normalized spacial score (nSPS) is 25.7. The molecule has 1 aromatic rings. The quantitative estimate of drug-likeness (QED) is 0.812. The van der Waals surface area contributed by atoms with Crippen molar-refractivity contribution < 1.29 is 4.79 Å². The number of carbonyl (C=O) groups excluding carboxylic acids is 1. The Morgan fingerprint density at radius 3 is 2.46 bits per heavy atom. The largest absolute Gasteiger partial charge is 0.357 e. The third-order valence-corrected chi connectivity index (χ3v) is 6.46. The first kappa shape index (κ1) is 18.1. The van der Waals surface area contributed by atoms with Gasteiger partial charge < -0.3 is 9.80 Å². The molecule has 3 fully saturated rings. The van der Waals surface area contributed by atoms with Crippen molar-refractivity contribution in [3.8, 4) is 0 Å². The Bertz CT molecular complexity index is 609. The lowest BCUT2D eigenvalue weighted by Gasteiger charge is -2.42. The van der Waals surface area contributed by atoms with Crippen LogP contribution < -0.4 is 4.90 Å². The van der Waals surface area contributed by atoms with E-state index in [1.54, 1.807) is 6.20 Å². The van der Waals surface area contributed by atoms with E-state index in [0.29, 0.717) is 17.0 Å². The zero-order valence-electron chi connectivity index (χ0n) is 15.4. The average Bonchev–Trinajstić information content (AvgIpc) is 3.23. The number of carbonyl (C=O) groups is 1. The van der Waals surface area contributed by atoms with Crippen molar-refractivity contribution in [2.45, 2.75) is 44.6 Å². The number of rotatable bonds is 3. The Morgan fingerprint density at radius 2 is 1.77 bits per heavy atom. The number of aromatic nitrogens is 1. The number of hydrogen-bond acceptors (Lipinski definition) is 4. The maximum absolute atomic E-state index is 12.8. The SMILES string of the molecule is O=C([C@@H]1CCCN(C2CCN(c3ccc(Cl)cn3)CC2)C1)N1CCCC1. The molecule has 4 rings (SSSR count). The second-order valence-electron chi connectivity index (χ2n) is 7.92. The van der Waals surface area contributed by atoms with E-state index in [9.17, 15) is 4.79 Å². The molecule has 26 heavy (non-hydrogen) atoms. The number of anilines is 1. The summed E-state index contributed by atoms with van der Waals surface area (Å²) >= 11 is 5.94. The van der Waals surface area contributed by atoms with E-state index in [-0.39, 0.29) is 5.92 Å². The van der Waals surface area contributed by atoms with Crippen LogP contribution in [0, 0.1) is 5.92 Å². The Morgan fingerprint density at radius 1 is 1.00 bits per heavy atom. The second kappa shape index (κ2) is 8.13. The van der Waals surface area contributed by atoms with E-state index >= 15 is 0 Å². The zero-order chi connectivity index (χ0) is 17.9. The molecular weight excluding hydrogens is 348 g/mol. The van der Waals surface area contributed by atoms with Gasteiger partial charge in [0.1, 0.15) is 5.82 Å². The number of pyridine rings is 1. The summed E-state index contributed by atoms with van der Waals surface area (Å²) in [6, 6.07) is 4.52. The fourth-order valence-corrected chi connectivity index (χ4v) is 4.86. The molecule has 0 spiro atoms. The van der Waals surface area contributed by atoms with Gasteiger partial charge in [-0.15, -0.1) is 0 Å². The van der Waals surface area contributed by atoms with Gasteiger partial charge in [-0.1, -0.05) is 11.6 Å². The van der Waals surface area contributed by atoms with Gasteiger partial charge in [0, 0.05) is 45.0 Å². The van der Waals surface area contributed by atoms with Crippen molar-refractivity contribution in [2.75, 3.05) is 44.2 Å². The number of hydrogen-bond donors (Lipinski definition) is 0. The predicted octanol–water partition coefficient (Wildman–Crippen LogP) is 3.04. The van der Waals surface area contributed by atoms with Crippen LogP contribution >= 0.6 is 11.6 Å². The summed E-state index contributed by atoms with van der Waals surface area (Å²) in [6.45, 7) is 6.11. The summed E-state index contributed by atoms with van der Waals surface area (Å²) < 4.78 is 0. The molecule has 0 unspecified atom stereocenters. The van der Waals surface area contributed by atoms with Gasteiger partial charge in [-0.2, -0.15) is 0 Å². The Hall–Kier alpha value is -1.33. The van der Waals surface area contributed by atoms with Crippen molar-refractivity contribution in [3.63, 3.8) is 0 Å². The monoisotopic (exact) mass is 376 g/mol. The van der Waals surface area contributed by atoms with Crippen LogP contribution in [0.15, 0.2) is 18.3 Å². The van der Waals surface area contributed by atoms with E-state index in [4.69, 9.17) is 11.6 Å². The lowest BCUT2D eigenvalue weighted by Crippen LogP contribution is -2.51. The van der Waals surface area contributed by atoms with Crippen LogP contribution in [0.1, 0.15) is 38.5 Å². The van der Waals surface area contributed by atoms with E-state index in [1.807, 2.05) is 12.1 Å². The van der Waals surface area contributed by atoms with Crippen LogP contribution in [0.5, 0.6) is 0 Å². The van der Waals surface area contributed by atoms with Gasteiger partial charge in [-0.25, -0.2) is 4.98 Å². The first-order valence-electron chi connectivity index (χ1n) is 10.1. The van der Waals surface area contributed by atoms with Crippen LogP contribution in [0.3, 0.4) is 0 Å². The Balaban J connectivity index is 1.31. The first-order chi connectivity index (χ1) is 12.7. The maximum atomic E-state index is 12.8. The molecule has 5 nitrogen and oxygen atoms in total. The van der Waals surface area contributed by atoms with Crippen molar-refractivity contribution in [3.05, 3.63) is 23.4 Å². The highest BCUT2D eigenvalue weighted by Gasteiger charge is 2.34. The van der Waals surface area contributed by atoms with Gasteiger partial charge in [0.2, 0.25) is 5.91 Å². The summed E-state index contributed by atoms with van der Waals surface area (Å²) in [5.74, 6) is 1.65. The molecule has 4 heterocycles. The molecule has 1 aromatic heterocycles. The summed E-state index contributed by atoms with van der Waals surface area (Å²) in [6.07, 6.45) is 8.60. The molecule has 3 aliphatic rings. The fraction of sp³-hybridized carbons (Fsp3) is 0.700. The minimum absolute atomic E-state index is 0.220. The summed E-state index contributed by atoms with van der Waals surface area (Å²) in [5, 5.41) is 0.686. The molecule has 0 saturated carbocycles. The summed E-state index contributed by atoms with van der Waals surface area (Å²) in [5.41, 5.74) is 0. The van der Waals surface area contributed by atoms with E-state index < -0.39 is 0 Å². The molecule has 0 N–H and O–H groups in total. The Kier molecular flexibility index (Phi) is 5.65. The minimum Gasteiger partial charge on any atom is -0.357 e. The lowest BCUT2D eigenvalue weighted by molar-refractivity contribution is -0.136. The molecule has 3 saturated heterocycles. The topological polar surface area (TPSA) is 39.7 Å². The predicted molar refractivity (Wildman–Crippen MR) is 105 cm³/mol. The van der Waals surface area contributed by atoms with Gasteiger partial charge in [-0.05, 0) is 57.2 Å². The Labute approximate surface area is 161 Å². The van der Waals surface area contributed by atoms with Crippen LogP contribution in [0.4, 0.5) is 5.82 Å². The number of amides is 1. The van der Waals surface area contributed by atoms with E-state index in [2.05, 4.69) is 19.7 Å². The van der Waals surface area contributed by atoms with Crippen molar-refractivity contribution in [2.24, 2.45) is 5.92 Å². The molecule has 1 atom stereocenters. The van der Waals surface area contributed by atoms with Crippen LogP contribution in [0.25, 0.3) is 0 Å². The molecule has 142 valence electrons. The highest BCUT2D eigenvalue weighted by molar-refractivity contribution is 6.30. The molecule has 0 radical (unpaired) electrons. The second-order valence-corrected chi connectivity index (χ2v) is 8.36. The zero-order valence-corrected chi connectivity index (χ0v) is 16.2. The van der Waals surface area contributed by atoms with Crippen molar-refractivity contribution >= 4 is 23.3 Å². The lowest BCUT2D eigenvalue weighted by atomic mass is 9.93. The van der Waals surface area contributed by atoms with Crippen molar-refractivity contribution in [1.82, 2.24) is 14.8 Å². The van der Waals surface area contributed by atoms with Gasteiger partial charge >= 0.3 is 0 Å². The molecule has 6 heteroatoms.